The molecule has 0 atom stereocenters. The number of para-hydroxylation sites is 1. The van der Waals surface area contributed by atoms with Crippen LogP contribution in [0.5, 0.6) is 0 Å². The van der Waals surface area contributed by atoms with E-state index in [-0.39, 0.29) is 17.5 Å². The molecule has 2 N–H and O–H groups in total. The van der Waals surface area contributed by atoms with Crippen molar-refractivity contribution in [3.63, 3.8) is 0 Å². The van der Waals surface area contributed by atoms with E-state index in [1.165, 1.54) is 23.9 Å². The summed E-state index contributed by atoms with van der Waals surface area (Å²) in [5, 5.41) is 12.3. The molecule has 28 heavy (non-hydrogen) atoms. The molecule has 2 aromatic heterocycles. The van der Waals surface area contributed by atoms with Gasteiger partial charge in [-0.3, -0.25) is 4.79 Å². The highest BCUT2D eigenvalue weighted by Gasteiger charge is 2.12. The summed E-state index contributed by atoms with van der Waals surface area (Å²) in [5.74, 6) is 0.200. The fourth-order valence-corrected chi connectivity index (χ4v) is 3.40. The lowest BCUT2D eigenvalue weighted by Crippen LogP contribution is -2.24. The van der Waals surface area contributed by atoms with E-state index in [4.69, 9.17) is 4.42 Å². The number of fused-ring (bicyclic) bond motifs is 1. The number of thioether (sulfide) groups is 1. The Hall–Kier alpha value is -3.13. The Morgan fingerprint density at radius 2 is 1.96 bits per heavy atom. The molecule has 0 spiro atoms. The van der Waals surface area contributed by atoms with Crippen molar-refractivity contribution in [1.29, 1.82) is 0 Å². The van der Waals surface area contributed by atoms with Crippen LogP contribution in [0, 0.1) is 5.82 Å². The minimum absolute atomic E-state index is 0.161. The van der Waals surface area contributed by atoms with Crippen molar-refractivity contribution in [1.82, 2.24) is 20.5 Å². The maximum atomic E-state index is 12.9. The minimum Gasteiger partial charge on any atom is -0.416 e. The first-order chi connectivity index (χ1) is 13.7. The number of aromatic nitrogens is 3. The van der Waals surface area contributed by atoms with Crippen LogP contribution in [-0.2, 0) is 17.8 Å². The van der Waals surface area contributed by atoms with Gasteiger partial charge in [0.1, 0.15) is 5.82 Å². The number of nitrogens with one attached hydrogen (secondary N) is 2. The first-order valence-corrected chi connectivity index (χ1v) is 9.67. The highest BCUT2D eigenvalue weighted by Crippen LogP contribution is 2.22. The summed E-state index contributed by atoms with van der Waals surface area (Å²) < 4.78 is 18.5. The van der Waals surface area contributed by atoms with E-state index >= 15 is 0 Å². The molecule has 142 valence electrons. The number of amides is 1. The first-order valence-electron chi connectivity index (χ1n) is 8.69. The average molecular weight is 396 g/mol. The van der Waals surface area contributed by atoms with E-state index < -0.39 is 0 Å². The van der Waals surface area contributed by atoms with Crippen molar-refractivity contribution < 1.29 is 13.6 Å². The van der Waals surface area contributed by atoms with Gasteiger partial charge in [-0.15, -0.1) is 10.2 Å². The molecule has 0 aliphatic carbocycles. The fraction of sp³-hybridized carbons (Fsp3) is 0.150. The number of rotatable bonds is 7. The smallest absolute Gasteiger partial charge is 0.277 e. The second-order valence-corrected chi connectivity index (χ2v) is 7.12. The lowest BCUT2D eigenvalue weighted by molar-refractivity contribution is -0.118. The zero-order chi connectivity index (χ0) is 19.3. The third kappa shape index (κ3) is 4.40. The number of carbonyl (C=O) groups excluding carboxylic acids is 1. The monoisotopic (exact) mass is 396 g/mol. The molecule has 4 rings (SSSR count). The molecule has 4 aromatic rings. The molecule has 0 bridgehead atoms. The standard InChI is InChI=1S/C20H17FN4O2S/c21-15-7-5-13(6-8-15)10-23-18(26)12-28-20-25-24-19(27-20)9-14-11-22-17-4-2-1-3-16(14)17/h1-8,11,22H,9-10,12H2,(H,23,26). The molecule has 0 saturated heterocycles. The molecule has 8 heteroatoms. The second-order valence-electron chi connectivity index (χ2n) is 6.19. The quantitative estimate of drug-likeness (QED) is 0.466. The summed E-state index contributed by atoms with van der Waals surface area (Å²) >= 11 is 1.18. The molecule has 0 radical (unpaired) electrons. The molecule has 1 amide bonds. The van der Waals surface area contributed by atoms with Gasteiger partial charge in [-0.05, 0) is 29.3 Å². The molecule has 6 nitrogen and oxygen atoms in total. The van der Waals surface area contributed by atoms with Crippen LogP contribution in [0.15, 0.2) is 64.4 Å². The van der Waals surface area contributed by atoms with Gasteiger partial charge >= 0.3 is 0 Å². The molecule has 0 unspecified atom stereocenters. The third-order valence-electron chi connectivity index (χ3n) is 4.19. The topological polar surface area (TPSA) is 83.8 Å². The number of aromatic amines is 1. The Morgan fingerprint density at radius 1 is 1.14 bits per heavy atom. The van der Waals surface area contributed by atoms with Gasteiger partial charge < -0.3 is 14.7 Å². The van der Waals surface area contributed by atoms with E-state index in [0.717, 1.165) is 22.0 Å². The summed E-state index contributed by atoms with van der Waals surface area (Å²) in [6.07, 6.45) is 2.46. The Labute approximate surface area is 164 Å². The maximum absolute atomic E-state index is 12.9. The Bertz CT molecular complexity index is 1090. The molecule has 0 aliphatic rings. The van der Waals surface area contributed by atoms with Gasteiger partial charge in [0.15, 0.2) is 0 Å². The van der Waals surface area contributed by atoms with Crippen LogP contribution in [0.4, 0.5) is 4.39 Å². The lowest BCUT2D eigenvalue weighted by Gasteiger charge is -2.04. The van der Waals surface area contributed by atoms with Crippen LogP contribution >= 0.6 is 11.8 Å². The number of benzene rings is 2. The molecular formula is C20H17FN4O2S. The van der Waals surface area contributed by atoms with Crippen molar-refractivity contribution in [2.45, 2.75) is 18.2 Å². The van der Waals surface area contributed by atoms with Gasteiger partial charge in [-0.25, -0.2) is 4.39 Å². The van der Waals surface area contributed by atoms with Crippen molar-refractivity contribution in [2.24, 2.45) is 0 Å². The summed E-state index contributed by atoms with van der Waals surface area (Å²) in [7, 11) is 0. The van der Waals surface area contributed by atoms with Crippen LogP contribution < -0.4 is 5.32 Å². The van der Waals surface area contributed by atoms with E-state index in [1.54, 1.807) is 12.1 Å². The summed E-state index contributed by atoms with van der Waals surface area (Å²) in [4.78, 5) is 15.2. The average Bonchev–Trinajstić information content (AvgIpc) is 3.33. The molecular weight excluding hydrogens is 379 g/mol. The van der Waals surface area contributed by atoms with Gasteiger partial charge in [-0.2, -0.15) is 0 Å². The van der Waals surface area contributed by atoms with Crippen molar-refractivity contribution >= 4 is 28.6 Å². The van der Waals surface area contributed by atoms with Crippen LogP contribution in [0.1, 0.15) is 17.0 Å². The highest BCUT2D eigenvalue weighted by atomic mass is 32.2. The molecule has 0 saturated carbocycles. The van der Waals surface area contributed by atoms with Gasteiger partial charge in [0.25, 0.3) is 5.22 Å². The number of hydrogen-bond donors (Lipinski definition) is 2. The number of hydrogen-bond acceptors (Lipinski definition) is 5. The van der Waals surface area contributed by atoms with Crippen molar-refractivity contribution in [3.05, 3.63) is 77.6 Å². The van der Waals surface area contributed by atoms with Gasteiger partial charge in [-0.1, -0.05) is 42.1 Å². The Kier molecular flexibility index (Phi) is 5.38. The molecule has 0 fully saturated rings. The number of nitrogens with zero attached hydrogens (tertiary/aromatic N) is 2. The van der Waals surface area contributed by atoms with Crippen molar-refractivity contribution in [3.8, 4) is 0 Å². The van der Waals surface area contributed by atoms with Crippen LogP contribution in [-0.4, -0.2) is 26.8 Å². The van der Waals surface area contributed by atoms with E-state index in [9.17, 15) is 9.18 Å². The SMILES string of the molecule is O=C(CSc1nnc(Cc2c[nH]c3ccccc23)o1)NCc1ccc(F)cc1. The zero-order valence-electron chi connectivity index (χ0n) is 14.8. The summed E-state index contributed by atoms with van der Waals surface area (Å²) in [5.41, 5.74) is 2.97. The lowest BCUT2D eigenvalue weighted by atomic mass is 10.1. The van der Waals surface area contributed by atoms with E-state index in [0.29, 0.717) is 24.1 Å². The number of carbonyl (C=O) groups is 1. The van der Waals surface area contributed by atoms with Gasteiger partial charge in [0, 0.05) is 23.6 Å². The molecule has 0 aliphatic heterocycles. The highest BCUT2D eigenvalue weighted by molar-refractivity contribution is 7.99. The van der Waals surface area contributed by atoms with Crippen molar-refractivity contribution in [2.75, 3.05) is 5.75 Å². The first kappa shape index (κ1) is 18.2. The van der Waals surface area contributed by atoms with Crippen LogP contribution in [0.3, 0.4) is 0 Å². The zero-order valence-corrected chi connectivity index (χ0v) is 15.6. The number of halogens is 1. The molecule has 2 aromatic carbocycles. The Morgan fingerprint density at radius 3 is 2.82 bits per heavy atom. The maximum Gasteiger partial charge on any atom is 0.277 e. The largest absolute Gasteiger partial charge is 0.416 e. The van der Waals surface area contributed by atoms with Crippen LogP contribution in [0.2, 0.25) is 0 Å². The van der Waals surface area contributed by atoms with Gasteiger partial charge in [0.2, 0.25) is 11.8 Å². The van der Waals surface area contributed by atoms with Crippen LogP contribution in [0.25, 0.3) is 10.9 Å². The second kappa shape index (κ2) is 8.26. The fourth-order valence-electron chi connectivity index (χ4n) is 2.79. The third-order valence-corrected chi connectivity index (χ3v) is 5.01. The van der Waals surface area contributed by atoms with E-state index in [2.05, 4.69) is 20.5 Å². The van der Waals surface area contributed by atoms with Gasteiger partial charge in [0.05, 0.1) is 12.2 Å². The summed E-state index contributed by atoms with van der Waals surface area (Å²) in [6, 6.07) is 14.0. The van der Waals surface area contributed by atoms with E-state index in [1.807, 2.05) is 30.5 Å². The predicted octanol–water partition coefficient (Wildman–Crippen LogP) is 3.69. The Balaban J connectivity index is 1.28. The number of H-pyrrole nitrogens is 1. The molecule has 2 heterocycles. The summed E-state index contributed by atoms with van der Waals surface area (Å²) in [6.45, 7) is 0.343. The normalized spacial score (nSPS) is 11.0. The minimum atomic E-state index is -0.300. The predicted molar refractivity (Wildman–Crippen MR) is 104 cm³/mol.